The number of carbonyl (C=O) groups is 2. The molecule has 1 atom stereocenters. The summed E-state index contributed by atoms with van der Waals surface area (Å²) in [5, 5.41) is 9.75. The first-order valence-corrected chi connectivity index (χ1v) is 18.4. The Morgan fingerprint density at radius 1 is 0.981 bits per heavy atom. The maximum atomic E-state index is 14.0. The number of rotatable bonds is 8. The van der Waals surface area contributed by atoms with Crippen LogP contribution >= 0.6 is 22.9 Å². The van der Waals surface area contributed by atoms with Crippen molar-refractivity contribution in [1.82, 2.24) is 39.7 Å². The van der Waals surface area contributed by atoms with Crippen molar-refractivity contribution in [2.75, 3.05) is 38.7 Å². The number of ether oxygens (including phenoxy) is 1. The van der Waals surface area contributed by atoms with E-state index in [-0.39, 0.29) is 17.9 Å². The normalized spacial score (nSPS) is 16.5. The fraction of sp³-hybridized carbons (Fsp3) is 0.289. The Kier molecular flexibility index (Phi) is 9.06. The molecular formula is C38H36ClN9O3S. The van der Waals surface area contributed by atoms with Gasteiger partial charge in [0.15, 0.2) is 0 Å². The number of methoxy groups -OCH3 is 1. The number of thiophene rings is 1. The lowest BCUT2D eigenvalue weighted by Crippen LogP contribution is -2.47. The van der Waals surface area contributed by atoms with Gasteiger partial charge in [-0.2, -0.15) is 4.98 Å². The fourth-order valence-electron chi connectivity index (χ4n) is 7.17. The number of hydrogen-bond acceptors (Lipinski definition) is 10. The van der Waals surface area contributed by atoms with E-state index in [2.05, 4.69) is 20.3 Å². The average Bonchev–Trinajstić information content (AvgIpc) is 3.94. The molecule has 6 heterocycles. The van der Waals surface area contributed by atoms with Gasteiger partial charge in [-0.25, -0.2) is 14.6 Å². The maximum absolute atomic E-state index is 14.0. The topological polar surface area (TPSA) is 122 Å². The smallest absolute Gasteiger partial charge is 0.318 e. The summed E-state index contributed by atoms with van der Waals surface area (Å²) in [4.78, 5) is 48.0. The maximum Gasteiger partial charge on any atom is 0.318 e. The highest BCUT2D eigenvalue weighted by molar-refractivity contribution is 7.19. The van der Waals surface area contributed by atoms with E-state index in [0.717, 1.165) is 38.3 Å². The zero-order valence-corrected chi connectivity index (χ0v) is 30.5. The molecule has 8 rings (SSSR count). The largest absolute Gasteiger partial charge is 0.467 e. The fourth-order valence-corrected chi connectivity index (χ4v) is 8.18. The lowest BCUT2D eigenvalue weighted by atomic mass is 10.0. The standard InChI is InChI=1S/C38H36ClN9O3S/c1-23-8-9-25(45(2)35-12-16-40-38(42-35)51-3)20-27(23)31-22-48(44-43-31)32-15-19-47(37(32)50)24-13-17-46(18-14-24)36(49)28-21-30(33-10-11-34(39)52-33)41-29-7-5-4-6-26(28)29/h4-12,16,20-22,24,32H,13-15,17-19H2,1-3H3. The summed E-state index contributed by atoms with van der Waals surface area (Å²) in [5.74, 6) is 0.713. The minimum atomic E-state index is -0.423. The van der Waals surface area contributed by atoms with E-state index in [4.69, 9.17) is 21.3 Å². The first-order valence-electron chi connectivity index (χ1n) is 17.2. The molecule has 2 aliphatic heterocycles. The molecule has 2 fully saturated rings. The van der Waals surface area contributed by atoms with Crippen molar-refractivity contribution >= 4 is 57.2 Å². The number of carbonyl (C=O) groups excluding carboxylic acids is 2. The Balaban J connectivity index is 0.943. The molecule has 0 saturated carbocycles. The SMILES string of the molecule is COc1nccc(N(C)c2ccc(C)c(-c3cn(C4CCN(C5CCN(C(=O)c6cc(-c7ccc(Cl)s7)nc7ccccc67)CC5)C4=O)nn3)c2)n1. The van der Waals surface area contributed by atoms with Gasteiger partial charge in [0.1, 0.15) is 17.6 Å². The lowest BCUT2D eigenvalue weighted by molar-refractivity contribution is -0.133. The molecule has 264 valence electrons. The zero-order chi connectivity index (χ0) is 35.9. The van der Waals surface area contributed by atoms with E-state index in [1.165, 1.54) is 18.4 Å². The van der Waals surface area contributed by atoms with E-state index in [0.29, 0.717) is 66.3 Å². The van der Waals surface area contributed by atoms with Crippen LogP contribution < -0.4 is 9.64 Å². The van der Waals surface area contributed by atoms with E-state index < -0.39 is 6.04 Å². The number of aryl methyl sites for hydroxylation is 1. The molecule has 2 aliphatic rings. The van der Waals surface area contributed by atoms with Crippen molar-refractivity contribution in [2.24, 2.45) is 0 Å². The molecule has 0 aliphatic carbocycles. The van der Waals surface area contributed by atoms with Gasteiger partial charge in [-0.15, -0.1) is 16.4 Å². The molecular weight excluding hydrogens is 698 g/mol. The van der Waals surface area contributed by atoms with E-state index in [1.807, 2.05) is 102 Å². The molecule has 14 heteroatoms. The van der Waals surface area contributed by atoms with Crippen LogP contribution in [0.5, 0.6) is 6.01 Å². The van der Waals surface area contributed by atoms with Gasteiger partial charge in [0.2, 0.25) is 5.91 Å². The minimum absolute atomic E-state index is 0.0240. The zero-order valence-electron chi connectivity index (χ0n) is 28.9. The molecule has 0 radical (unpaired) electrons. The highest BCUT2D eigenvalue weighted by atomic mass is 35.5. The van der Waals surface area contributed by atoms with E-state index in [9.17, 15) is 9.59 Å². The van der Waals surface area contributed by atoms with Crippen molar-refractivity contribution in [2.45, 2.75) is 38.3 Å². The molecule has 6 aromatic rings. The number of amides is 2. The summed E-state index contributed by atoms with van der Waals surface area (Å²) in [6.45, 7) is 3.80. The predicted octanol–water partition coefficient (Wildman–Crippen LogP) is 6.83. The van der Waals surface area contributed by atoms with Crippen molar-refractivity contribution < 1.29 is 14.3 Å². The number of anilines is 2. The van der Waals surface area contributed by atoms with Gasteiger partial charge in [-0.1, -0.05) is 41.1 Å². The lowest BCUT2D eigenvalue weighted by Gasteiger charge is -2.37. The second-order valence-corrected chi connectivity index (χ2v) is 14.8. The molecule has 1 unspecified atom stereocenters. The molecule has 12 nitrogen and oxygen atoms in total. The Morgan fingerprint density at radius 3 is 2.60 bits per heavy atom. The number of benzene rings is 2. The first-order chi connectivity index (χ1) is 25.3. The Morgan fingerprint density at radius 2 is 1.81 bits per heavy atom. The molecule has 2 amide bonds. The number of pyridine rings is 1. The highest BCUT2D eigenvalue weighted by Crippen LogP contribution is 2.35. The van der Waals surface area contributed by atoms with Gasteiger partial charge in [0.05, 0.1) is 39.3 Å². The van der Waals surface area contributed by atoms with Gasteiger partial charge >= 0.3 is 6.01 Å². The van der Waals surface area contributed by atoms with E-state index >= 15 is 0 Å². The van der Waals surface area contributed by atoms with Crippen molar-refractivity contribution in [3.63, 3.8) is 0 Å². The van der Waals surface area contributed by atoms with Crippen LogP contribution in [0.4, 0.5) is 11.5 Å². The molecule has 52 heavy (non-hydrogen) atoms. The number of nitrogens with zero attached hydrogens (tertiary/aromatic N) is 9. The summed E-state index contributed by atoms with van der Waals surface area (Å²) in [6.07, 6.45) is 5.59. The van der Waals surface area contributed by atoms with Crippen LogP contribution in [0.2, 0.25) is 4.34 Å². The summed E-state index contributed by atoms with van der Waals surface area (Å²) >= 11 is 7.66. The summed E-state index contributed by atoms with van der Waals surface area (Å²) in [7, 11) is 3.47. The molecule has 2 saturated heterocycles. The minimum Gasteiger partial charge on any atom is -0.467 e. The van der Waals surface area contributed by atoms with Gasteiger partial charge in [-0.3, -0.25) is 9.59 Å². The molecule has 4 aromatic heterocycles. The van der Waals surface area contributed by atoms with Crippen molar-refractivity contribution in [1.29, 1.82) is 0 Å². The number of likely N-dealkylation sites (tertiary alicyclic amines) is 2. The molecule has 0 N–H and O–H groups in total. The van der Waals surface area contributed by atoms with E-state index in [1.54, 1.807) is 10.9 Å². The average molecular weight is 734 g/mol. The quantitative estimate of drug-likeness (QED) is 0.166. The highest BCUT2D eigenvalue weighted by Gasteiger charge is 2.39. The van der Waals surface area contributed by atoms with Gasteiger partial charge < -0.3 is 19.4 Å². The predicted molar refractivity (Wildman–Crippen MR) is 201 cm³/mol. The number of piperidine rings is 1. The van der Waals surface area contributed by atoms with Crippen molar-refractivity contribution in [3.05, 3.63) is 94.6 Å². The summed E-state index contributed by atoms with van der Waals surface area (Å²) in [5.41, 5.74) is 5.70. The van der Waals surface area contributed by atoms with Crippen LogP contribution in [-0.2, 0) is 4.79 Å². The molecule has 2 aromatic carbocycles. The number of para-hydroxylation sites is 1. The number of aromatic nitrogens is 6. The third-order valence-corrected chi connectivity index (χ3v) is 11.3. The Labute approximate surface area is 309 Å². The Hall–Kier alpha value is -5.40. The number of hydrogen-bond donors (Lipinski definition) is 0. The first kappa shape index (κ1) is 33.7. The van der Waals surface area contributed by atoms with Crippen LogP contribution in [0.25, 0.3) is 32.7 Å². The van der Waals surface area contributed by atoms with Gasteiger partial charge in [-0.05, 0) is 74.2 Å². The third kappa shape index (κ3) is 6.34. The number of fused-ring (bicyclic) bond motifs is 1. The summed E-state index contributed by atoms with van der Waals surface area (Å²) in [6, 6.07) is 21.2. The monoisotopic (exact) mass is 733 g/mol. The van der Waals surface area contributed by atoms with Crippen LogP contribution in [0.3, 0.4) is 0 Å². The van der Waals surface area contributed by atoms with Crippen LogP contribution in [-0.4, -0.2) is 91.4 Å². The Bertz CT molecular complexity index is 2300. The second kappa shape index (κ2) is 14.0. The van der Waals surface area contributed by atoms with Crippen LogP contribution in [0.1, 0.15) is 41.2 Å². The van der Waals surface area contributed by atoms with Crippen molar-refractivity contribution in [3.8, 4) is 27.8 Å². The van der Waals surface area contributed by atoms with Gasteiger partial charge in [0, 0.05) is 55.6 Å². The summed E-state index contributed by atoms with van der Waals surface area (Å²) < 4.78 is 7.58. The molecule has 0 spiro atoms. The number of halogens is 1. The third-order valence-electron chi connectivity index (χ3n) is 10.0. The van der Waals surface area contributed by atoms with Gasteiger partial charge in [0.25, 0.3) is 5.91 Å². The van der Waals surface area contributed by atoms with Crippen LogP contribution in [0.15, 0.2) is 79.1 Å². The molecule has 0 bridgehead atoms. The van der Waals surface area contributed by atoms with Crippen LogP contribution in [0, 0.1) is 6.92 Å². The second-order valence-electron chi connectivity index (χ2n) is 13.1.